The van der Waals surface area contributed by atoms with Crippen molar-refractivity contribution in [1.82, 2.24) is 20.2 Å². The number of hydrogen-bond donors (Lipinski definition) is 2. The Morgan fingerprint density at radius 1 is 1.50 bits per heavy atom. The average molecular weight is 282 g/mol. The van der Waals surface area contributed by atoms with Crippen LogP contribution in [0, 0.1) is 5.92 Å². The molecule has 2 N–H and O–H groups in total. The van der Waals surface area contributed by atoms with E-state index >= 15 is 0 Å². The SMILES string of the molecule is COCCNC(=O)CCn1cncc1CNCC(C)C. The van der Waals surface area contributed by atoms with Gasteiger partial charge in [-0.2, -0.15) is 0 Å². The molecular weight excluding hydrogens is 256 g/mol. The number of amides is 1. The summed E-state index contributed by atoms with van der Waals surface area (Å²) in [6.07, 6.45) is 4.07. The molecule has 0 radical (unpaired) electrons. The predicted molar refractivity (Wildman–Crippen MR) is 78.3 cm³/mol. The molecule has 0 saturated carbocycles. The Morgan fingerprint density at radius 2 is 2.30 bits per heavy atom. The van der Waals surface area contributed by atoms with Gasteiger partial charge in [0, 0.05) is 39.4 Å². The van der Waals surface area contributed by atoms with Crippen molar-refractivity contribution in [2.45, 2.75) is 33.4 Å². The number of aryl methyl sites for hydroxylation is 1. The van der Waals surface area contributed by atoms with Crippen LogP contribution in [0.1, 0.15) is 26.0 Å². The Labute approximate surface area is 120 Å². The Bertz CT molecular complexity index is 390. The van der Waals surface area contributed by atoms with Gasteiger partial charge in [-0.25, -0.2) is 4.98 Å². The first kappa shape index (κ1) is 16.7. The molecule has 6 nitrogen and oxygen atoms in total. The second-order valence-electron chi connectivity index (χ2n) is 5.20. The molecule has 0 unspecified atom stereocenters. The molecule has 1 aromatic heterocycles. The van der Waals surface area contributed by atoms with E-state index in [0.29, 0.717) is 32.0 Å². The van der Waals surface area contributed by atoms with Crippen LogP contribution in [0.5, 0.6) is 0 Å². The van der Waals surface area contributed by atoms with Crippen LogP contribution in [0.15, 0.2) is 12.5 Å². The largest absolute Gasteiger partial charge is 0.383 e. The zero-order valence-electron chi connectivity index (χ0n) is 12.7. The number of nitrogens with zero attached hydrogens (tertiary/aromatic N) is 2. The molecule has 0 fully saturated rings. The lowest BCUT2D eigenvalue weighted by Crippen LogP contribution is -2.28. The molecule has 0 atom stereocenters. The first-order valence-electron chi connectivity index (χ1n) is 7.08. The van der Waals surface area contributed by atoms with E-state index < -0.39 is 0 Å². The molecule has 0 aliphatic heterocycles. The molecule has 0 bridgehead atoms. The van der Waals surface area contributed by atoms with E-state index in [2.05, 4.69) is 29.5 Å². The van der Waals surface area contributed by atoms with E-state index in [1.165, 1.54) is 0 Å². The van der Waals surface area contributed by atoms with Crippen LogP contribution >= 0.6 is 0 Å². The maximum atomic E-state index is 11.6. The lowest BCUT2D eigenvalue weighted by atomic mass is 10.2. The molecule has 0 aromatic carbocycles. The molecular formula is C14H26N4O2. The van der Waals surface area contributed by atoms with E-state index in [0.717, 1.165) is 18.8 Å². The standard InChI is InChI=1S/C14H26N4O2/c1-12(2)8-15-9-13-10-16-11-18(13)6-4-14(19)17-5-7-20-3/h10-12,15H,4-9H2,1-3H3,(H,17,19). The highest BCUT2D eigenvalue weighted by atomic mass is 16.5. The van der Waals surface area contributed by atoms with Gasteiger partial charge >= 0.3 is 0 Å². The van der Waals surface area contributed by atoms with Gasteiger partial charge in [-0.1, -0.05) is 13.8 Å². The minimum Gasteiger partial charge on any atom is -0.383 e. The molecule has 1 heterocycles. The molecule has 0 aliphatic rings. The number of aromatic nitrogens is 2. The third-order valence-electron chi connectivity index (χ3n) is 2.87. The predicted octanol–water partition coefficient (Wildman–Crippen LogP) is 0.781. The first-order chi connectivity index (χ1) is 9.63. The number of carbonyl (C=O) groups is 1. The summed E-state index contributed by atoms with van der Waals surface area (Å²) in [6, 6.07) is 0. The third-order valence-corrected chi connectivity index (χ3v) is 2.87. The molecule has 0 aliphatic carbocycles. The summed E-state index contributed by atoms with van der Waals surface area (Å²) in [5.74, 6) is 0.662. The minimum atomic E-state index is 0.0387. The lowest BCUT2D eigenvalue weighted by Gasteiger charge is -2.10. The summed E-state index contributed by atoms with van der Waals surface area (Å²) in [5.41, 5.74) is 1.11. The van der Waals surface area contributed by atoms with Crippen LogP contribution in [0.3, 0.4) is 0 Å². The van der Waals surface area contributed by atoms with Gasteiger partial charge in [0.25, 0.3) is 0 Å². The fourth-order valence-corrected chi connectivity index (χ4v) is 1.79. The van der Waals surface area contributed by atoms with Gasteiger partial charge in [0.2, 0.25) is 5.91 Å². The highest BCUT2D eigenvalue weighted by Gasteiger charge is 2.05. The van der Waals surface area contributed by atoms with Crippen molar-refractivity contribution in [3.63, 3.8) is 0 Å². The van der Waals surface area contributed by atoms with E-state index in [4.69, 9.17) is 4.74 Å². The number of hydrogen-bond acceptors (Lipinski definition) is 4. The molecule has 0 saturated heterocycles. The summed E-state index contributed by atoms with van der Waals surface area (Å²) in [5, 5.41) is 6.19. The van der Waals surface area contributed by atoms with Crippen LogP contribution in [0.4, 0.5) is 0 Å². The Kier molecular flexibility index (Phi) is 7.91. The Balaban J connectivity index is 2.29. The summed E-state index contributed by atoms with van der Waals surface area (Å²) < 4.78 is 6.90. The maximum absolute atomic E-state index is 11.6. The van der Waals surface area contributed by atoms with E-state index in [-0.39, 0.29) is 5.91 Å². The van der Waals surface area contributed by atoms with Crippen molar-refractivity contribution in [3.8, 4) is 0 Å². The highest BCUT2D eigenvalue weighted by molar-refractivity contribution is 5.75. The van der Waals surface area contributed by atoms with Crippen molar-refractivity contribution in [1.29, 1.82) is 0 Å². The van der Waals surface area contributed by atoms with E-state index in [1.807, 2.05) is 10.8 Å². The normalized spacial score (nSPS) is 11.0. The summed E-state index contributed by atoms with van der Waals surface area (Å²) in [4.78, 5) is 15.8. The molecule has 0 spiro atoms. The number of ether oxygens (including phenoxy) is 1. The molecule has 20 heavy (non-hydrogen) atoms. The van der Waals surface area contributed by atoms with Crippen LogP contribution < -0.4 is 10.6 Å². The average Bonchev–Trinajstić information content (AvgIpc) is 2.84. The number of carbonyl (C=O) groups excluding carboxylic acids is 1. The van der Waals surface area contributed by atoms with Gasteiger partial charge in [0.1, 0.15) is 0 Å². The molecule has 6 heteroatoms. The van der Waals surface area contributed by atoms with Crippen LogP contribution in [-0.2, 0) is 22.6 Å². The lowest BCUT2D eigenvalue weighted by molar-refractivity contribution is -0.121. The molecule has 1 aromatic rings. The van der Waals surface area contributed by atoms with Crippen LogP contribution in [0.25, 0.3) is 0 Å². The van der Waals surface area contributed by atoms with Gasteiger partial charge < -0.3 is 19.9 Å². The summed E-state index contributed by atoms with van der Waals surface area (Å²) in [6.45, 7) is 7.86. The first-order valence-corrected chi connectivity index (χ1v) is 7.08. The smallest absolute Gasteiger partial charge is 0.221 e. The zero-order chi connectivity index (χ0) is 14.8. The van der Waals surface area contributed by atoms with Gasteiger partial charge in [-0.3, -0.25) is 4.79 Å². The molecule has 1 rings (SSSR count). The molecule has 1 amide bonds. The van der Waals surface area contributed by atoms with Crippen LogP contribution in [0.2, 0.25) is 0 Å². The second-order valence-corrected chi connectivity index (χ2v) is 5.20. The number of methoxy groups -OCH3 is 1. The second kappa shape index (κ2) is 9.50. The van der Waals surface area contributed by atoms with Crippen molar-refractivity contribution in [3.05, 3.63) is 18.2 Å². The van der Waals surface area contributed by atoms with Crippen molar-refractivity contribution in [2.75, 3.05) is 26.8 Å². The fourth-order valence-electron chi connectivity index (χ4n) is 1.79. The van der Waals surface area contributed by atoms with Gasteiger partial charge in [-0.15, -0.1) is 0 Å². The van der Waals surface area contributed by atoms with E-state index in [1.54, 1.807) is 13.4 Å². The number of nitrogens with one attached hydrogen (secondary N) is 2. The monoisotopic (exact) mass is 282 g/mol. The third kappa shape index (κ3) is 6.68. The van der Waals surface area contributed by atoms with Crippen LogP contribution in [-0.4, -0.2) is 42.3 Å². The van der Waals surface area contributed by atoms with Crippen molar-refractivity contribution in [2.24, 2.45) is 5.92 Å². The maximum Gasteiger partial charge on any atom is 0.221 e. The van der Waals surface area contributed by atoms with Crippen molar-refractivity contribution < 1.29 is 9.53 Å². The fraction of sp³-hybridized carbons (Fsp3) is 0.714. The van der Waals surface area contributed by atoms with Gasteiger partial charge in [-0.05, 0) is 12.5 Å². The Morgan fingerprint density at radius 3 is 3.00 bits per heavy atom. The van der Waals surface area contributed by atoms with Crippen molar-refractivity contribution >= 4 is 5.91 Å². The highest BCUT2D eigenvalue weighted by Crippen LogP contribution is 2.01. The number of imidazole rings is 1. The summed E-state index contributed by atoms with van der Waals surface area (Å²) >= 11 is 0. The Hall–Kier alpha value is -1.40. The zero-order valence-corrected chi connectivity index (χ0v) is 12.7. The molecule has 114 valence electrons. The summed E-state index contributed by atoms with van der Waals surface area (Å²) in [7, 11) is 1.62. The van der Waals surface area contributed by atoms with E-state index in [9.17, 15) is 4.79 Å². The van der Waals surface area contributed by atoms with Gasteiger partial charge in [0.05, 0.1) is 18.6 Å². The quantitative estimate of drug-likeness (QED) is 0.622. The minimum absolute atomic E-state index is 0.0387. The van der Waals surface area contributed by atoms with Gasteiger partial charge in [0.15, 0.2) is 0 Å². The topological polar surface area (TPSA) is 68.2 Å². The number of rotatable bonds is 10.